The largest absolute Gasteiger partial charge is 0.491 e. The molecule has 0 bridgehead atoms. The average Bonchev–Trinajstić information content (AvgIpc) is 1.98. The lowest BCUT2D eigenvalue weighted by atomic mass is 10.8. The third-order valence-corrected chi connectivity index (χ3v) is 1.06. The lowest BCUT2D eigenvalue weighted by molar-refractivity contribution is 0.373. The topological polar surface area (TPSA) is 78.2 Å². The Morgan fingerprint density at radius 3 is 2.22 bits per heavy atom. The van der Waals surface area contributed by atoms with Crippen molar-refractivity contribution in [3.63, 3.8) is 0 Å². The predicted molar refractivity (Wildman–Crippen MR) is 29.4 cm³/mol. The Bertz CT molecular complexity index is 272. The Morgan fingerprint density at radius 1 is 1.56 bits per heavy atom. The summed E-state index contributed by atoms with van der Waals surface area (Å²) in [6, 6.07) is 0. The molecule has 0 spiro atoms. The molecule has 0 saturated carbocycles. The van der Waals surface area contributed by atoms with Crippen molar-refractivity contribution in [1.29, 1.82) is 0 Å². The summed E-state index contributed by atoms with van der Waals surface area (Å²) in [6.45, 7) is 0. The van der Waals surface area contributed by atoms with E-state index >= 15 is 0 Å². The smallest absolute Gasteiger partial charge is 0.331 e. The minimum absolute atomic E-state index is 0.444. The minimum atomic E-state index is -0.537. The van der Waals surface area contributed by atoms with Crippen LogP contribution in [-0.4, -0.2) is 19.8 Å². The number of nitrogens with one attached hydrogen (secondary N) is 1. The number of aromatic hydroxyl groups is 2. The van der Waals surface area contributed by atoms with Crippen molar-refractivity contribution in [2.24, 2.45) is 7.05 Å². The van der Waals surface area contributed by atoms with Crippen molar-refractivity contribution >= 4 is 0 Å². The van der Waals surface area contributed by atoms with E-state index in [0.29, 0.717) is 0 Å². The van der Waals surface area contributed by atoms with Gasteiger partial charge in [0, 0.05) is 7.05 Å². The molecule has 0 aliphatic carbocycles. The maximum Gasteiger partial charge on any atom is 0.331 e. The number of hydrogen-bond acceptors (Lipinski definition) is 3. The van der Waals surface area contributed by atoms with Gasteiger partial charge in [-0.15, -0.1) is 0 Å². The zero-order valence-corrected chi connectivity index (χ0v) is 4.75. The van der Waals surface area contributed by atoms with Gasteiger partial charge in [0.25, 0.3) is 11.8 Å². The summed E-state index contributed by atoms with van der Waals surface area (Å²) >= 11 is 0. The van der Waals surface area contributed by atoms with E-state index in [0.717, 1.165) is 4.57 Å². The molecule has 0 aliphatic heterocycles. The Kier molecular flexibility index (Phi) is 0.985. The van der Waals surface area contributed by atoms with E-state index in [-0.39, 0.29) is 0 Å². The van der Waals surface area contributed by atoms with Gasteiger partial charge >= 0.3 is 5.69 Å². The highest BCUT2D eigenvalue weighted by atomic mass is 16.3. The van der Waals surface area contributed by atoms with E-state index in [9.17, 15) is 4.79 Å². The van der Waals surface area contributed by atoms with Crippen LogP contribution in [0.4, 0.5) is 0 Å². The molecule has 1 rings (SSSR count). The van der Waals surface area contributed by atoms with E-state index in [2.05, 4.69) is 0 Å². The summed E-state index contributed by atoms with van der Waals surface area (Å²) in [5.74, 6) is -0.942. The van der Waals surface area contributed by atoms with Crippen molar-refractivity contribution < 1.29 is 10.2 Å². The summed E-state index contributed by atoms with van der Waals surface area (Å²) in [7, 11) is 1.34. The van der Waals surface area contributed by atoms with Gasteiger partial charge in [-0.1, -0.05) is 0 Å². The van der Waals surface area contributed by atoms with Gasteiger partial charge < -0.3 is 10.2 Å². The zero-order chi connectivity index (χ0) is 7.02. The first-order chi connectivity index (χ1) is 4.13. The van der Waals surface area contributed by atoms with Gasteiger partial charge in [0.15, 0.2) is 0 Å². The molecule has 0 atom stereocenters. The first-order valence-electron chi connectivity index (χ1n) is 2.30. The molecule has 5 nitrogen and oxygen atoms in total. The summed E-state index contributed by atoms with van der Waals surface area (Å²) in [6.07, 6.45) is 0. The van der Waals surface area contributed by atoms with Gasteiger partial charge in [-0.05, 0) is 0 Å². The quantitative estimate of drug-likeness (QED) is 0.427. The third-order valence-electron chi connectivity index (χ3n) is 1.06. The zero-order valence-electron chi connectivity index (χ0n) is 4.75. The molecule has 9 heavy (non-hydrogen) atoms. The second kappa shape index (κ2) is 1.54. The maximum absolute atomic E-state index is 10.4. The number of imidazole rings is 1. The number of aromatic nitrogens is 2. The summed E-state index contributed by atoms with van der Waals surface area (Å²) < 4.78 is 0.898. The van der Waals surface area contributed by atoms with Crippen LogP contribution in [-0.2, 0) is 7.05 Å². The standard InChI is InChI=1S/C4H6N2O3/c1-6-3(8)2(7)5-4(6)9/h7-8H,1H3,(H,5,9). The summed E-state index contributed by atoms with van der Waals surface area (Å²) in [5, 5.41) is 17.3. The lowest BCUT2D eigenvalue weighted by Crippen LogP contribution is -2.11. The monoisotopic (exact) mass is 130 g/mol. The van der Waals surface area contributed by atoms with Gasteiger partial charge in [0.2, 0.25) is 0 Å². The third kappa shape index (κ3) is 0.658. The number of nitrogens with zero attached hydrogens (tertiary/aromatic N) is 1. The first kappa shape index (κ1) is 5.74. The predicted octanol–water partition coefficient (Wildman–Crippen LogP) is -0.875. The van der Waals surface area contributed by atoms with Gasteiger partial charge in [-0.2, -0.15) is 0 Å². The van der Waals surface area contributed by atoms with Gasteiger partial charge in [-0.25, -0.2) is 4.79 Å². The van der Waals surface area contributed by atoms with Crippen LogP contribution in [0.5, 0.6) is 11.8 Å². The molecule has 0 radical (unpaired) electrons. The van der Waals surface area contributed by atoms with Crippen molar-refractivity contribution in [1.82, 2.24) is 9.55 Å². The molecule has 0 fully saturated rings. The van der Waals surface area contributed by atoms with Gasteiger partial charge in [0.05, 0.1) is 0 Å². The number of H-pyrrole nitrogens is 1. The molecule has 0 saturated heterocycles. The van der Waals surface area contributed by atoms with Crippen molar-refractivity contribution in [3.05, 3.63) is 10.5 Å². The minimum Gasteiger partial charge on any atom is -0.491 e. The number of rotatable bonds is 0. The van der Waals surface area contributed by atoms with Crippen LogP contribution in [0.2, 0.25) is 0 Å². The van der Waals surface area contributed by atoms with Crippen LogP contribution >= 0.6 is 0 Å². The molecular weight excluding hydrogens is 124 g/mol. The molecule has 1 aromatic rings. The summed E-state index contributed by atoms with van der Waals surface area (Å²) in [4.78, 5) is 12.4. The van der Waals surface area contributed by atoms with Crippen LogP contribution in [0.15, 0.2) is 4.79 Å². The Hall–Kier alpha value is -1.39. The van der Waals surface area contributed by atoms with Crippen molar-refractivity contribution in [2.45, 2.75) is 0 Å². The maximum atomic E-state index is 10.4. The van der Waals surface area contributed by atoms with Gasteiger partial charge in [0.1, 0.15) is 0 Å². The molecule has 50 valence electrons. The van der Waals surface area contributed by atoms with E-state index in [1.165, 1.54) is 7.05 Å². The molecule has 0 amide bonds. The van der Waals surface area contributed by atoms with Crippen LogP contribution < -0.4 is 5.69 Å². The fourth-order valence-electron chi connectivity index (χ4n) is 0.496. The van der Waals surface area contributed by atoms with E-state index in [4.69, 9.17) is 10.2 Å². The average molecular weight is 130 g/mol. The molecule has 0 unspecified atom stereocenters. The second-order valence-corrected chi connectivity index (χ2v) is 1.66. The normalized spacial score (nSPS) is 9.89. The molecule has 0 aromatic carbocycles. The van der Waals surface area contributed by atoms with E-state index in [1.807, 2.05) is 4.98 Å². The highest BCUT2D eigenvalue weighted by Gasteiger charge is 2.05. The summed E-state index contributed by atoms with van der Waals surface area (Å²) in [5.41, 5.74) is -0.537. The molecule has 3 N–H and O–H groups in total. The van der Waals surface area contributed by atoms with Crippen LogP contribution in [0, 0.1) is 0 Å². The number of hydrogen-bond donors (Lipinski definition) is 3. The van der Waals surface area contributed by atoms with Crippen molar-refractivity contribution in [3.8, 4) is 11.8 Å². The van der Waals surface area contributed by atoms with E-state index in [1.54, 1.807) is 0 Å². The molecule has 1 heterocycles. The van der Waals surface area contributed by atoms with Crippen molar-refractivity contribution in [2.75, 3.05) is 0 Å². The van der Waals surface area contributed by atoms with E-state index < -0.39 is 17.4 Å². The second-order valence-electron chi connectivity index (χ2n) is 1.66. The Labute approximate surface area is 50.2 Å². The van der Waals surface area contributed by atoms with Crippen LogP contribution in [0.25, 0.3) is 0 Å². The molecule has 5 heteroatoms. The number of aromatic amines is 1. The van der Waals surface area contributed by atoms with Crippen LogP contribution in [0.3, 0.4) is 0 Å². The SMILES string of the molecule is Cn1c(O)c(O)[nH]c1=O. The Balaban J connectivity index is 3.47. The highest BCUT2D eigenvalue weighted by Crippen LogP contribution is 2.16. The highest BCUT2D eigenvalue weighted by molar-refractivity contribution is 5.22. The Morgan fingerprint density at radius 2 is 2.11 bits per heavy atom. The first-order valence-corrected chi connectivity index (χ1v) is 2.30. The lowest BCUT2D eigenvalue weighted by Gasteiger charge is -1.87. The van der Waals surface area contributed by atoms with Gasteiger partial charge in [-0.3, -0.25) is 9.55 Å². The fraction of sp³-hybridized carbons (Fsp3) is 0.250. The molecule has 1 aromatic heterocycles. The molecular formula is C4H6N2O3. The fourth-order valence-corrected chi connectivity index (χ4v) is 0.496. The van der Waals surface area contributed by atoms with Crippen LogP contribution in [0.1, 0.15) is 0 Å². The molecule has 0 aliphatic rings.